The first-order chi connectivity index (χ1) is 15.8. The Morgan fingerprint density at radius 2 is 2.03 bits per heavy atom. The maximum atomic E-state index is 13.3. The van der Waals surface area contributed by atoms with Crippen LogP contribution in [0.2, 0.25) is 0 Å². The largest absolute Gasteiger partial charge is 0.492 e. The molecule has 3 N–H and O–H groups in total. The Hall–Kier alpha value is -3.86. The summed E-state index contributed by atoms with van der Waals surface area (Å²) in [7, 11) is 1.57. The van der Waals surface area contributed by atoms with Crippen molar-refractivity contribution >= 4 is 23.5 Å². The number of nitrogens with zero attached hydrogens (tertiary/aromatic N) is 1. The van der Waals surface area contributed by atoms with E-state index in [9.17, 15) is 19.6 Å². The Labute approximate surface area is 191 Å². The molecule has 0 saturated heterocycles. The quantitative estimate of drug-likeness (QED) is 0.599. The molecule has 1 fully saturated rings. The predicted octanol–water partition coefficient (Wildman–Crippen LogP) is 2.86. The Bertz CT molecular complexity index is 1190. The van der Waals surface area contributed by atoms with E-state index in [-0.39, 0.29) is 30.1 Å². The van der Waals surface area contributed by atoms with Crippen LogP contribution in [0.4, 0.5) is 5.69 Å². The molecule has 2 aromatic carbocycles. The SMILES string of the molecule is CNC(=O)c1ccc2c(c1)[C@]1(CO2)C(C)C1C(=O)Nc1cc(C#N)ccc1CCCC(=O)O. The van der Waals surface area contributed by atoms with E-state index in [0.717, 1.165) is 11.1 Å². The van der Waals surface area contributed by atoms with Gasteiger partial charge in [-0.3, -0.25) is 14.4 Å². The Balaban J connectivity index is 1.57. The summed E-state index contributed by atoms with van der Waals surface area (Å²) in [5.74, 6) is -0.915. The van der Waals surface area contributed by atoms with Crippen molar-refractivity contribution in [3.05, 3.63) is 58.7 Å². The van der Waals surface area contributed by atoms with Gasteiger partial charge in [-0.1, -0.05) is 13.0 Å². The van der Waals surface area contributed by atoms with Gasteiger partial charge < -0.3 is 20.5 Å². The number of rotatable bonds is 7. The number of carbonyl (C=O) groups excluding carboxylic acids is 2. The van der Waals surface area contributed by atoms with Gasteiger partial charge in [0.1, 0.15) is 5.75 Å². The molecule has 1 aliphatic carbocycles. The first-order valence-electron chi connectivity index (χ1n) is 10.9. The number of hydrogen-bond donors (Lipinski definition) is 3. The van der Waals surface area contributed by atoms with Gasteiger partial charge in [0.25, 0.3) is 5.91 Å². The first-order valence-corrected chi connectivity index (χ1v) is 10.9. The number of hydrogen-bond acceptors (Lipinski definition) is 5. The molecule has 1 saturated carbocycles. The van der Waals surface area contributed by atoms with E-state index in [2.05, 4.69) is 16.7 Å². The second-order valence-corrected chi connectivity index (χ2v) is 8.61. The zero-order valence-electron chi connectivity index (χ0n) is 18.5. The summed E-state index contributed by atoms with van der Waals surface area (Å²) in [6, 6.07) is 12.4. The van der Waals surface area contributed by atoms with Gasteiger partial charge in [-0.15, -0.1) is 0 Å². The minimum Gasteiger partial charge on any atom is -0.492 e. The molecule has 1 aliphatic heterocycles. The number of fused-ring (bicyclic) bond motifs is 2. The molecular formula is C25H25N3O5. The number of amides is 2. The smallest absolute Gasteiger partial charge is 0.303 e. The van der Waals surface area contributed by atoms with Crippen molar-refractivity contribution in [3.8, 4) is 11.8 Å². The maximum Gasteiger partial charge on any atom is 0.303 e. The van der Waals surface area contributed by atoms with E-state index in [1.807, 2.05) is 6.92 Å². The highest BCUT2D eigenvalue weighted by Crippen LogP contribution is 2.64. The zero-order valence-corrected chi connectivity index (χ0v) is 18.5. The average molecular weight is 447 g/mol. The number of aryl methyl sites for hydroxylation is 1. The average Bonchev–Trinajstić information content (AvgIpc) is 3.22. The van der Waals surface area contributed by atoms with Gasteiger partial charge in [-0.05, 0) is 54.7 Å². The van der Waals surface area contributed by atoms with E-state index < -0.39 is 11.4 Å². The number of carbonyl (C=O) groups is 3. The molecule has 33 heavy (non-hydrogen) atoms. The molecule has 8 nitrogen and oxygen atoms in total. The van der Waals surface area contributed by atoms with Crippen molar-refractivity contribution in [1.82, 2.24) is 5.32 Å². The molecule has 0 radical (unpaired) electrons. The number of nitrogens with one attached hydrogen (secondary N) is 2. The van der Waals surface area contributed by atoms with Crippen LogP contribution in [0.1, 0.15) is 46.8 Å². The minimum absolute atomic E-state index is 0.00768. The highest BCUT2D eigenvalue weighted by Gasteiger charge is 2.69. The summed E-state index contributed by atoms with van der Waals surface area (Å²) in [5.41, 5.74) is 2.61. The lowest BCUT2D eigenvalue weighted by Crippen LogP contribution is -2.23. The molecule has 2 amide bonds. The molecule has 8 heteroatoms. The lowest BCUT2D eigenvalue weighted by Gasteiger charge is -2.13. The lowest BCUT2D eigenvalue weighted by molar-refractivity contribution is -0.137. The van der Waals surface area contributed by atoms with E-state index in [0.29, 0.717) is 42.0 Å². The van der Waals surface area contributed by atoms with Crippen molar-refractivity contribution in [2.45, 2.75) is 31.6 Å². The van der Waals surface area contributed by atoms with Crippen LogP contribution in [0, 0.1) is 23.2 Å². The third-order valence-corrected chi connectivity index (χ3v) is 6.81. The number of carboxylic acid groups (broad SMARTS) is 1. The minimum atomic E-state index is -0.876. The van der Waals surface area contributed by atoms with E-state index >= 15 is 0 Å². The molecular weight excluding hydrogens is 422 g/mol. The number of nitriles is 1. The Morgan fingerprint density at radius 3 is 2.73 bits per heavy atom. The Kier molecular flexibility index (Phi) is 5.81. The van der Waals surface area contributed by atoms with Crippen LogP contribution in [0.3, 0.4) is 0 Å². The standard InChI is InChI=1S/C25H25N3O5/c1-14-22(25(14)13-33-20-9-8-17(11-18(20)25)23(31)27-2)24(32)28-19-10-15(12-26)6-7-16(19)4-3-5-21(29)30/h6-11,14,22H,3-5,13H2,1-2H3,(H,27,31)(H,28,32)(H,29,30)/t14?,22?,25-/m0/s1. The van der Waals surface area contributed by atoms with Crippen molar-refractivity contribution in [1.29, 1.82) is 5.26 Å². The monoisotopic (exact) mass is 447 g/mol. The summed E-state index contributed by atoms with van der Waals surface area (Å²) in [6.07, 6.45) is 0.926. The maximum absolute atomic E-state index is 13.3. The van der Waals surface area contributed by atoms with E-state index in [1.54, 1.807) is 43.4 Å². The van der Waals surface area contributed by atoms with Crippen molar-refractivity contribution in [2.24, 2.45) is 11.8 Å². The third kappa shape index (κ3) is 3.91. The van der Waals surface area contributed by atoms with Crippen LogP contribution in [0.5, 0.6) is 5.75 Å². The lowest BCUT2D eigenvalue weighted by atomic mass is 9.92. The van der Waals surface area contributed by atoms with Crippen LogP contribution in [-0.4, -0.2) is 36.5 Å². The molecule has 2 unspecified atom stereocenters. The normalized spacial score (nSPS) is 22.1. The second-order valence-electron chi connectivity index (χ2n) is 8.61. The van der Waals surface area contributed by atoms with Crippen molar-refractivity contribution in [3.63, 3.8) is 0 Å². The van der Waals surface area contributed by atoms with Crippen LogP contribution in [-0.2, 0) is 21.4 Å². The van der Waals surface area contributed by atoms with Gasteiger partial charge in [-0.25, -0.2) is 0 Å². The van der Waals surface area contributed by atoms with Gasteiger partial charge in [0.2, 0.25) is 5.91 Å². The van der Waals surface area contributed by atoms with Gasteiger partial charge in [-0.2, -0.15) is 5.26 Å². The van der Waals surface area contributed by atoms with Crippen LogP contribution >= 0.6 is 0 Å². The highest BCUT2D eigenvalue weighted by atomic mass is 16.5. The fourth-order valence-corrected chi connectivity index (χ4v) is 4.93. The number of carboxylic acids is 1. The highest BCUT2D eigenvalue weighted by molar-refractivity contribution is 5.98. The number of ether oxygens (including phenoxy) is 1. The summed E-state index contributed by atoms with van der Waals surface area (Å²) in [5, 5.41) is 23.8. The predicted molar refractivity (Wildman–Crippen MR) is 120 cm³/mol. The molecule has 0 aromatic heterocycles. The molecule has 2 aliphatic rings. The third-order valence-electron chi connectivity index (χ3n) is 6.81. The van der Waals surface area contributed by atoms with Gasteiger partial charge in [0.05, 0.1) is 24.2 Å². The van der Waals surface area contributed by atoms with Gasteiger partial charge in [0, 0.05) is 35.7 Å². The fourth-order valence-electron chi connectivity index (χ4n) is 4.93. The second kappa shape index (κ2) is 8.58. The number of anilines is 1. The molecule has 3 atom stereocenters. The molecule has 1 heterocycles. The van der Waals surface area contributed by atoms with E-state index in [1.165, 1.54) is 0 Å². The van der Waals surface area contributed by atoms with Gasteiger partial charge in [0.15, 0.2) is 0 Å². The summed E-state index contributed by atoms with van der Waals surface area (Å²) in [4.78, 5) is 36.3. The van der Waals surface area contributed by atoms with Crippen LogP contribution in [0.25, 0.3) is 0 Å². The Morgan fingerprint density at radius 1 is 1.24 bits per heavy atom. The topological polar surface area (TPSA) is 129 Å². The van der Waals surface area contributed by atoms with E-state index in [4.69, 9.17) is 9.84 Å². The van der Waals surface area contributed by atoms with Crippen molar-refractivity contribution in [2.75, 3.05) is 19.0 Å². The molecule has 2 aromatic rings. The first kappa shape index (κ1) is 22.3. The van der Waals surface area contributed by atoms with Crippen LogP contribution in [0.15, 0.2) is 36.4 Å². The summed E-state index contributed by atoms with van der Waals surface area (Å²) >= 11 is 0. The molecule has 0 bridgehead atoms. The molecule has 1 spiro atoms. The summed E-state index contributed by atoms with van der Waals surface area (Å²) < 4.78 is 5.87. The molecule has 4 rings (SSSR count). The van der Waals surface area contributed by atoms with Crippen LogP contribution < -0.4 is 15.4 Å². The summed E-state index contributed by atoms with van der Waals surface area (Å²) in [6.45, 7) is 2.36. The van der Waals surface area contributed by atoms with Crippen molar-refractivity contribution < 1.29 is 24.2 Å². The molecule has 170 valence electrons. The number of benzene rings is 2. The zero-order chi connectivity index (χ0) is 23.8. The van der Waals surface area contributed by atoms with Gasteiger partial charge >= 0.3 is 5.97 Å². The fraction of sp³-hybridized carbons (Fsp3) is 0.360. The number of aliphatic carboxylic acids is 1.